The van der Waals surface area contributed by atoms with Crippen molar-refractivity contribution in [1.82, 2.24) is 0 Å². The number of aliphatic hydroxyl groups is 1. The van der Waals surface area contributed by atoms with Crippen molar-refractivity contribution < 1.29 is 33.7 Å². The van der Waals surface area contributed by atoms with E-state index < -0.39 is 36.2 Å². The van der Waals surface area contributed by atoms with Crippen LogP contribution in [0, 0.1) is 5.92 Å². The Hall–Kier alpha value is -1.89. The first kappa shape index (κ1) is 22.2. The van der Waals surface area contributed by atoms with Crippen LogP contribution in [0.4, 0.5) is 0 Å². The average Bonchev–Trinajstić information content (AvgIpc) is 2.53. The Bertz CT molecular complexity index is 514. The second-order valence-corrected chi connectivity index (χ2v) is 6.76. The van der Waals surface area contributed by atoms with E-state index >= 15 is 0 Å². The second-order valence-electron chi connectivity index (χ2n) is 6.76. The van der Waals surface area contributed by atoms with Crippen LogP contribution in [0.5, 0.6) is 0 Å². The topological polar surface area (TPSA) is 99.1 Å². The number of carbonyl (C=O) groups is 3. The van der Waals surface area contributed by atoms with Gasteiger partial charge in [0.1, 0.15) is 12.2 Å². The molecule has 0 aliphatic carbocycles. The zero-order chi connectivity index (χ0) is 19.7. The average molecular weight is 370 g/mol. The van der Waals surface area contributed by atoms with E-state index in [2.05, 4.69) is 0 Å². The molecule has 0 fully saturated rings. The van der Waals surface area contributed by atoms with Gasteiger partial charge in [-0.1, -0.05) is 6.08 Å². The fourth-order valence-corrected chi connectivity index (χ4v) is 2.85. The van der Waals surface area contributed by atoms with Gasteiger partial charge in [-0.3, -0.25) is 14.4 Å². The number of hydrogen-bond acceptors (Lipinski definition) is 7. The number of ether oxygens (including phenoxy) is 3. The molecule has 5 atom stereocenters. The molecular formula is C19H30O7. The molecule has 7 heteroatoms. The number of aliphatic hydroxyl groups excluding tert-OH is 1. The van der Waals surface area contributed by atoms with Crippen LogP contribution in [0.2, 0.25) is 0 Å². The highest BCUT2D eigenvalue weighted by molar-refractivity contribution is 5.74. The summed E-state index contributed by atoms with van der Waals surface area (Å²) < 4.78 is 15.8. The first-order chi connectivity index (χ1) is 12.2. The van der Waals surface area contributed by atoms with Crippen LogP contribution in [0.1, 0.15) is 59.8 Å². The number of cyclic esters (lactones) is 1. The number of allylic oxidation sites excluding steroid dienone is 1. The predicted octanol–water partition coefficient (Wildman–Crippen LogP) is 2.30. The summed E-state index contributed by atoms with van der Waals surface area (Å²) in [6.45, 7) is 6.08. The Kier molecular flexibility index (Phi) is 9.34. The molecule has 0 bridgehead atoms. The molecule has 7 nitrogen and oxygen atoms in total. The predicted molar refractivity (Wildman–Crippen MR) is 94.1 cm³/mol. The Morgan fingerprint density at radius 1 is 1.35 bits per heavy atom. The minimum atomic E-state index is -0.773. The van der Waals surface area contributed by atoms with Crippen molar-refractivity contribution in [1.29, 1.82) is 0 Å². The monoisotopic (exact) mass is 370 g/mol. The van der Waals surface area contributed by atoms with Crippen molar-refractivity contribution in [3.8, 4) is 0 Å². The summed E-state index contributed by atoms with van der Waals surface area (Å²) in [5.41, 5.74) is 0. The first-order valence-corrected chi connectivity index (χ1v) is 9.10. The molecular weight excluding hydrogens is 340 g/mol. The minimum absolute atomic E-state index is 0.227. The fourth-order valence-electron chi connectivity index (χ4n) is 2.85. The van der Waals surface area contributed by atoms with Crippen molar-refractivity contribution in [3.63, 3.8) is 0 Å². The number of rotatable bonds is 6. The van der Waals surface area contributed by atoms with Crippen LogP contribution in [-0.4, -0.2) is 47.4 Å². The fraction of sp³-hybridized carbons (Fsp3) is 0.737. The number of esters is 3. The highest BCUT2D eigenvalue weighted by atomic mass is 16.6. The van der Waals surface area contributed by atoms with Gasteiger partial charge >= 0.3 is 17.9 Å². The minimum Gasteiger partial charge on any atom is -0.463 e. The lowest BCUT2D eigenvalue weighted by Gasteiger charge is -2.28. The molecule has 0 amide bonds. The maximum absolute atomic E-state index is 12.4. The van der Waals surface area contributed by atoms with Gasteiger partial charge in [0.15, 0.2) is 0 Å². The van der Waals surface area contributed by atoms with Crippen molar-refractivity contribution >= 4 is 17.9 Å². The lowest BCUT2D eigenvalue weighted by Crippen LogP contribution is -2.37. The van der Waals surface area contributed by atoms with E-state index in [1.165, 1.54) is 13.8 Å². The van der Waals surface area contributed by atoms with E-state index in [0.717, 1.165) is 0 Å². The zero-order valence-corrected chi connectivity index (χ0v) is 16.0. The van der Waals surface area contributed by atoms with Gasteiger partial charge in [0.2, 0.25) is 0 Å². The lowest BCUT2D eigenvalue weighted by molar-refractivity contribution is -0.166. The molecule has 0 aromatic carbocycles. The Morgan fingerprint density at radius 3 is 2.65 bits per heavy atom. The molecule has 148 valence electrons. The van der Waals surface area contributed by atoms with Gasteiger partial charge in [-0.2, -0.15) is 0 Å². The van der Waals surface area contributed by atoms with Gasteiger partial charge < -0.3 is 19.3 Å². The molecule has 1 heterocycles. The van der Waals surface area contributed by atoms with E-state index in [-0.39, 0.29) is 12.1 Å². The zero-order valence-electron chi connectivity index (χ0n) is 16.0. The molecule has 0 aromatic heterocycles. The van der Waals surface area contributed by atoms with Crippen LogP contribution in [0.25, 0.3) is 0 Å². The van der Waals surface area contributed by atoms with Crippen LogP contribution in [0.3, 0.4) is 0 Å². The van der Waals surface area contributed by atoms with Crippen molar-refractivity contribution in [3.05, 3.63) is 12.2 Å². The van der Waals surface area contributed by atoms with Crippen molar-refractivity contribution in [2.24, 2.45) is 5.92 Å². The van der Waals surface area contributed by atoms with E-state index in [1.807, 2.05) is 6.08 Å². The van der Waals surface area contributed by atoms with Gasteiger partial charge in [0, 0.05) is 13.8 Å². The first-order valence-electron chi connectivity index (χ1n) is 9.10. The molecule has 0 spiro atoms. The van der Waals surface area contributed by atoms with E-state index in [0.29, 0.717) is 32.1 Å². The molecule has 1 aliphatic rings. The molecule has 0 saturated carbocycles. The van der Waals surface area contributed by atoms with E-state index in [9.17, 15) is 19.5 Å². The highest BCUT2D eigenvalue weighted by Gasteiger charge is 2.31. The van der Waals surface area contributed by atoms with Gasteiger partial charge in [0.25, 0.3) is 0 Å². The van der Waals surface area contributed by atoms with Gasteiger partial charge in [-0.15, -0.1) is 0 Å². The third-order valence-electron chi connectivity index (χ3n) is 4.28. The van der Waals surface area contributed by atoms with Gasteiger partial charge in [-0.25, -0.2) is 0 Å². The third-order valence-corrected chi connectivity index (χ3v) is 4.28. The molecule has 0 unspecified atom stereocenters. The summed E-state index contributed by atoms with van der Waals surface area (Å²) in [6.07, 6.45) is 3.91. The van der Waals surface area contributed by atoms with E-state index in [4.69, 9.17) is 14.2 Å². The Morgan fingerprint density at radius 2 is 2.04 bits per heavy atom. The largest absolute Gasteiger partial charge is 0.463 e. The molecule has 0 radical (unpaired) electrons. The number of carbonyl (C=O) groups excluding carboxylic acids is 3. The van der Waals surface area contributed by atoms with Crippen LogP contribution in [-0.2, 0) is 28.6 Å². The van der Waals surface area contributed by atoms with Crippen LogP contribution < -0.4 is 0 Å². The Labute approximate surface area is 154 Å². The number of hydrogen-bond donors (Lipinski definition) is 1. The van der Waals surface area contributed by atoms with Crippen LogP contribution >= 0.6 is 0 Å². The second kappa shape index (κ2) is 11.0. The molecule has 1 rings (SSSR count). The molecule has 0 saturated heterocycles. The molecule has 26 heavy (non-hydrogen) atoms. The summed E-state index contributed by atoms with van der Waals surface area (Å²) in [5, 5.41) is 10.3. The Balaban J connectivity index is 2.69. The quantitative estimate of drug-likeness (QED) is 0.435. The molecule has 1 N–H and O–H groups in total. The van der Waals surface area contributed by atoms with E-state index in [1.54, 1.807) is 19.9 Å². The maximum atomic E-state index is 12.4. The summed E-state index contributed by atoms with van der Waals surface area (Å²) in [5.74, 6) is -1.98. The maximum Gasteiger partial charge on any atom is 0.313 e. The third kappa shape index (κ3) is 7.99. The summed E-state index contributed by atoms with van der Waals surface area (Å²) in [7, 11) is 0. The summed E-state index contributed by atoms with van der Waals surface area (Å²) >= 11 is 0. The smallest absolute Gasteiger partial charge is 0.313 e. The van der Waals surface area contributed by atoms with Gasteiger partial charge in [0.05, 0.1) is 18.1 Å². The normalized spacial score (nSPS) is 29.2. The highest BCUT2D eigenvalue weighted by Crippen LogP contribution is 2.21. The standard InChI is InChI=1S/C19H30O7/c1-12(24-14(3)20)8-7-11-18-16(22)9-5-6-10-17(25-15(4)21)13(2)19(23)26-18/h6,10,12-13,16-18,22H,5,7-9,11H2,1-4H3/b10-6-/t12-,13+,16-,17+,18+/m0/s1. The lowest BCUT2D eigenvalue weighted by atomic mass is 9.98. The van der Waals surface area contributed by atoms with Gasteiger partial charge in [-0.05, 0) is 52.0 Å². The summed E-state index contributed by atoms with van der Waals surface area (Å²) in [4.78, 5) is 34.6. The van der Waals surface area contributed by atoms with Crippen LogP contribution in [0.15, 0.2) is 12.2 Å². The molecule has 1 aliphatic heterocycles. The van der Waals surface area contributed by atoms with Crippen molar-refractivity contribution in [2.45, 2.75) is 84.2 Å². The summed E-state index contributed by atoms with van der Waals surface area (Å²) in [6, 6.07) is 0. The van der Waals surface area contributed by atoms with Crippen molar-refractivity contribution in [2.75, 3.05) is 0 Å². The SMILES string of the molecule is CC(=O)O[C@@H](C)CCC[C@H]1OC(=O)[C@H](C)[C@H](OC(C)=O)/C=C\CC[C@@H]1O. The molecule has 0 aromatic rings.